The molecule has 0 atom stereocenters. The standard InChI is InChI=1S/C30H36FN7O3/c1-19-17-21(6-7-22(19)25(39)5-4-14-37(15-12-33)27(40)10-11-32)36-29-30-35-18-24(38(30)16-13-34-29)23-8-9-26(41-3)28(31)20(23)2/h6-9,13,16-18H,4-5,10-12,14-15,32-33H2,1-3H3,(H,34,36). The zero-order valence-electron chi connectivity index (χ0n) is 23.6. The predicted octanol–water partition coefficient (Wildman–Crippen LogP) is 4.00. The van der Waals surface area contributed by atoms with Crippen LogP contribution in [0.4, 0.5) is 15.9 Å². The highest BCUT2D eigenvalue weighted by atomic mass is 19.1. The number of nitrogens with one attached hydrogen (secondary N) is 1. The summed E-state index contributed by atoms with van der Waals surface area (Å²) in [6.07, 6.45) is 6.22. The van der Waals surface area contributed by atoms with Gasteiger partial charge in [0.15, 0.2) is 28.8 Å². The fourth-order valence-electron chi connectivity index (χ4n) is 4.86. The Kier molecular flexibility index (Phi) is 9.64. The van der Waals surface area contributed by atoms with Crippen molar-refractivity contribution in [1.82, 2.24) is 19.3 Å². The second-order valence-electron chi connectivity index (χ2n) is 9.76. The maximum atomic E-state index is 14.7. The number of Topliss-reactive ketones (excluding diaryl/α,β-unsaturated/α-hetero) is 1. The molecule has 2 aromatic heterocycles. The van der Waals surface area contributed by atoms with Crippen LogP contribution in [0.3, 0.4) is 0 Å². The van der Waals surface area contributed by atoms with Crippen LogP contribution in [0.2, 0.25) is 0 Å². The second kappa shape index (κ2) is 13.3. The van der Waals surface area contributed by atoms with Crippen LogP contribution in [0.25, 0.3) is 16.9 Å². The molecule has 11 heteroatoms. The molecule has 0 fully saturated rings. The van der Waals surface area contributed by atoms with Crippen molar-refractivity contribution in [2.45, 2.75) is 33.1 Å². The molecule has 0 aliphatic heterocycles. The summed E-state index contributed by atoms with van der Waals surface area (Å²) >= 11 is 0. The van der Waals surface area contributed by atoms with Crippen molar-refractivity contribution < 1.29 is 18.7 Å². The van der Waals surface area contributed by atoms with E-state index >= 15 is 0 Å². The number of ether oxygens (including phenoxy) is 1. The van der Waals surface area contributed by atoms with Crippen LogP contribution >= 0.6 is 0 Å². The Hall–Kier alpha value is -4.35. The first-order chi connectivity index (χ1) is 19.8. The highest BCUT2D eigenvalue weighted by Gasteiger charge is 2.18. The predicted molar refractivity (Wildman–Crippen MR) is 157 cm³/mol. The molecule has 0 unspecified atom stereocenters. The number of hydrogen-bond acceptors (Lipinski definition) is 8. The summed E-state index contributed by atoms with van der Waals surface area (Å²) in [4.78, 5) is 35.8. The molecule has 4 aromatic rings. The highest BCUT2D eigenvalue weighted by molar-refractivity contribution is 5.98. The Morgan fingerprint density at radius 2 is 1.88 bits per heavy atom. The van der Waals surface area contributed by atoms with Gasteiger partial charge in [-0.15, -0.1) is 0 Å². The van der Waals surface area contributed by atoms with Gasteiger partial charge in [-0.1, -0.05) is 0 Å². The number of imidazole rings is 1. The maximum Gasteiger partial charge on any atom is 0.223 e. The molecular weight excluding hydrogens is 525 g/mol. The number of aromatic nitrogens is 3. The second-order valence-corrected chi connectivity index (χ2v) is 9.76. The Morgan fingerprint density at radius 3 is 2.59 bits per heavy atom. The molecule has 5 N–H and O–H groups in total. The summed E-state index contributed by atoms with van der Waals surface area (Å²) in [6, 6.07) is 8.90. The molecule has 10 nitrogen and oxygen atoms in total. The SMILES string of the molecule is COc1ccc(-c2cnc3c(Nc4ccc(C(=O)CCCN(CCN)C(=O)CCN)c(C)c4)nccn23)c(C)c1F. The summed E-state index contributed by atoms with van der Waals surface area (Å²) in [5.41, 5.74) is 15.8. The van der Waals surface area contributed by atoms with Crippen molar-refractivity contribution in [2.24, 2.45) is 11.5 Å². The molecule has 0 aliphatic rings. The van der Waals surface area contributed by atoms with E-state index in [9.17, 15) is 14.0 Å². The lowest BCUT2D eigenvalue weighted by Gasteiger charge is -2.21. The van der Waals surface area contributed by atoms with E-state index in [2.05, 4.69) is 15.3 Å². The van der Waals surface area contributed by atoms with Gasteiger partial charge in [-0.3, -0.25) is 14.0 Å². The molecule has 2 aromatic carbocycles. The van der Waals surface area contributed by atoms with Gasteiger partial charge in [-0.05, 0) is 61.7 Å². The highest BCUT2D eigenvalue weighted by Crippen LogP contribution is 2.32. The van der Waals surface area contributed by atoms with Gasteiger partial charge in [0.25, 0.3) is 0 Å². The number of ketones is 1. The van der Waals surface area contributed by atoms with Gasteiger partial charge in [0.2, 0.25) is 5.91 Å². The molecule has 0 radical (unpaired) electrons. The minimum absolute atomic E-state index is 0.00763. The molecule has 1 amide bonds. The fourth-order valence-corrected chi connectivity index (χ4v) is 4.86. The molecule has 0 aliphatic carbocycles. The van der Waals surface area contributed by atoms with E-state index in [0.717, 1.165) is 16.9 Å². The lowest BCUT2D eigenvalue weighted by molar-refractivity contribution is -0.131. The molecule has 0 saturated carbocycles. The number of carbonyl (C=O) groups excluding carboxylic acids is 2. The van der Waals surface area contributed by atoms with Crippen molar-refractivity contribution in [3.05, 3.63) is 71.4 Å². The zero-order chi connectivity index (χ0) is 29.5. The van der Waals surface area contributed by atoms with Gasteiger partial charge in [-0.25, -0.2) is 14.4 Å². The lowest BCUT2D eigenvalue weighted by Crippen LogP contribution is -2.37. The van der Waals surface area contributed by atoms with Crippen molar-refractivity contribution in [1.29, 1.82) is 0 Å². The molecule has 2 heterocycles. The Morgan fingerprint density at radius 1 is 1.07 bits per heavy atom. The van der Waals surface area contributed by atoms with E-state index in [4.69, 9.17) is 16.2 Å². The third-order valence-corrected chi connectivity index (χ3v) is 7.01. The number of halogens is 1. The van der Waals surface area contributed by atoms with Gasteiger partial charge in [0, 0.05) is 68.2 Å². The van der Waals surface area contributed by atoms with Crippen LogP contribution in [0, 0.1) is 19.7 Å². The maximum absolute atomic E-state index is 14.7. The van der Waals surface area contributed by atoms with E-state index in [1.54, 1.807) is 48.6 Å². The number of hydrogen-bond donors (Lipinski definition) is 3. The number of nitrogens with two attached hydrogens (primary N) is 2. The molecule has 0 spiro atoms. The van der Waals surface area contributed by atoms with Crippen LogP contribution in [0.1, 0.15) is 40.7 Å². The van der Waals surface area contributed by atoms with Gasteiger partial charge < -0.3 is 26.4 Å². The van der Waals surface area contributed by atoms with E-state index in [1.165, 1.54) is 7.11 Å². The largest absolute Gasteiger partial charge is 0.494 e. The van der Waals surface area contributed by atoms with Crippen molar-refractivity contribution in [3.63, 3.8) is 0 Å². The lowest BCUT2D eigenvalue weighted by atomic mass is 10.0. The number of benzene rings is 2. The first kappa shape index (κ1) is 29.6. The minimum atomic E-state index is -0.412. The number of aryl methyl sites for hydroxylation is 1. The quantitative estimate of drug-likeness (QED) is 0.208. The summed E-state index contributed by atoms with van der Waals surface area (Å²) < 4.78 is 21.7. The summed E-state index contributed by atoms with van der Waals surface area (Å²) in [7, 11) is 1.44. The van der Waals surface area contributed by atoms with E-state index in [-0.39, 0.29) is 30.4 Å². The van der Waals surface area contributed by atoms with Crippen LogP contribution in [0.15, 0.2) is 48.9 Å². The summed E-state index contributed by atoms with van der Waals surface area (Å²) in [6.45, 7) is 5.14. The van der Waals surface area contributed by atoms with Crippen LogP contribution in [-0.2, 0) is 4.79 Å². The normalized spacial score (nSPS) is 11.1. The van der Waals surface area contributed by atoms with Gasteiger partial charge >= 0.3 is 0 Å². The summed E-state index contributed by atoms with van der Waals surface area (Å²) in [5, 5.41) is 3.29. The van der Waals surface area contributed by atoms with Crippen molar-refractivity contribution in [2.75, 3.05) is 38.6 Å². The Labute approximate surface area is 238 Å². The van der Waals surface area contributed by atoms with Crippen LogP contribution in [-0.4, -0.2) is 64.2 Å². The van der Waals surface area contributed by atoms with Gasteiger partial charge in [0.05, 0.1) is 19.0 Å². The van der Waals surface area contributed by atoms with Crippen molar-refractivity contribution >= 4 is 28.8 Å². The number of anilines is 2. The van der Waals surface area contributed by atoms with Gasteiger partial charge in [-0.2, -0.15) is 0 Å². The fraction of sp³-hybridized carbons (Fsp3) is 0.333. The molecule has 4 rings (SSSR count). The van der Waals surface area contributed by atoms with Crippen LogP contribution in [0.5, 0.6) is 5.75 Å². The van der Waals surface area contributed by atoms with Crippen molar-refractivity contribution in [3.8, 4) is 17.0 Å². The van der Waals surface area contributed by atoms with E-state index in [1.807, 2.05) is 23.5 Å². The number of nitrogens with zero attached hydrogens (tertiary/aromatic N) is 4. The number of methoxy groups -OCH3 is 1. The first-order valence-electron chi connectivity index (χ1n) is 13.5. The third-order valence-electron chi connectivity index (χ3n) is 7.01. The summed E-state index contributed by atoms with van der Waals surface area (Å²) in [5.74, 6) is 0.258. The Bertz CT molecular complexity index is 1550. The number of amides is 1. The monoisotopic (exact) mass is 561 g/mol. The van der Waals surface area contributed by atoms with E-state index in [0.29, 0.717) is 60.6 Å². The molecular formula is C30H36FN7O3. The average Bonchev–Trinajstić information content (AvgIpc) is 3.39. The molecule has 0 saturated heterocycles. The topological polar surface area (TPSA) is 141 Å². The smallest absolute Gasteiger partial charge is 0.223 e. The number of fused-ring (bicyclic) bond motifs is 1. The number of carbonyl (C=O) groups is 2. The molecule has 0 bridgehead atoms. The third kappa shape index (κ3) is 6.53. The average molecular weight is 562 g/mol. The minimum Gasteiger partial charge on any atom is -0.494 e. The molecule has 41 heavy (non-hydrogen) atoms. The van der Waals surface area contributed by atoms with E-state index < -0.39 is 5.82 Å². The van der Waals surface area contributed by atoms with Gasteiger partial charge in [0.1, 0.15) is 0 Å². The number of rotatable bonds is 13. The van der Waals surface area contributed by atoms with Crippen LogP contribution < -0.4 is 21.5 Å². The first-order valence-corrected chi connectivity index (χ1v) is 13.5. The molecule has 216 valence electrons. The zero-order valence-corrected chi connectivity index (χ0v) is 23.6. The Balaban J connectivity index is 1.48.